The maximum atomic E-state index is 13.5. The first kappa shape index (κ1) is 17.1. The Balaban J connectivity index is 1.91. The molecule has 7 nitrogen and oxygen atoms in total. The Morgan fingerprint density at radius 3 is 2.96 bits per heavy atom. The summed E-state index contributed by atoms with van der Waals surface area (Å²) in [5.74, 6) is -0.837. The normalized spacial score (nSPS) is 19.3. The van der Waals surface area contributed by atoms with Crippen LogP contribution in [0.2, 0.25) is 0 Å². The predicted octanol–water partition coefficient (Wildman–Crippen LogP) is 1.70. The molecular formula is C15H20FN3O4. The van der Waals surface area contributed by atoms with Crippen molar-refractivity contribution < 1.29 is 18.8 Å². The van der Waals surface area contributed by atoms with Gasteiger partial charge in [-0.2, -0.15) is 4.39 Å². The molecule has 0 spiro atoms. The Hall–Kier alpha value is -2.22. The highest BCUT2D eigenvalue weighted by atomic mass is 19.1. The molecule has 1 aliphatic rings. The number of hydrogen-bond donors (Lipinski definition) is 1. The second-order valence-corrected chi connectivity index (χ2v) is 5.76. The summed E-state index contributed by atoms with van der Waals surface area (Å²) in [5, 5.41) is 10.5. The van der Waals surface area contributed by atoms with Crippen LogP contribution in [-0.4, -0.2) is 41.5 Å². The van der Waals surface area contributed by atoms with Crippen LogP contribution in [0.5, 0.6) is 5.75 Å². The number of nitro groups is 1. The van der Waals surface area contributed by atoms with Gasteiger partial charge in [0.25, 0.3) is 5.91 Å². The number of nitrogens with zero attached hydrogens (tertiary/aromatic N) is 2. The molecule has 0 radical (unpaired) electrons. The highest BCUT2D eigenvalue weighted by Crippen LogP contribution is 2.23. The van der Waals surface area contributed by atoms with Crippen LogP contribution in [0.15, 0.2) is 18.2 Å². The second kappa shape index (κ2) is 7.36. The van der Waals surface area contributed by atoms with Gasteiger partial charge in [0.05, 0.1) is 4.92 Å². The highest BCUT2D eigenvalue weighted by molar-refractivity contribution is 5.77. The van der Waals surface area contributed by atoms with Gasteiger partial charge >= 0.3 is 5.69 Å². The van der Waals surface area contributed by atoms with E-state index in [0.717, 1.165) is 25.0 Å². The fourth-order valence-corrected chi connectivity index (χ4v) is 2.63. The zero-order chi connectivity index (χ0) is 17.0. The number of nitrogens with two attached hydrogens (primary N) is 1. The largest absolute Gasteiger partial charge is 0.484 e. The summed E-state index contributed by atoms with van der Waals surface area (Å²) in [4.78, 5) is 23.6. The van der Waals surface area contributed by atoms with Gasteiger partial charge in [-0.05, 0) is 31.7 Å². The van der Waals surface area contributed by atoms with Crippen molar-refractivity contribution in [2.45, 2.75) is 25.8 Å². The molecule has 2 atom stereocenters. The Morgan fingerprint density at radius 1 is 1.61 bits per heavy atom. The molecule has 1 aliphatic heterocycles. The average Bonchev–Trinajstić information content (AvgIpc) is 2.52. The van der Waals surface area contributed by atoms with E-state index in [9.17, 15) is 19.3 Å². The number of nitro benzene ring substituents is 1. The highest BCUT2D eigenvalue weighted by Gasteiger charge is 2.26. The van der Waals surface area contributed by atoms with Gasteiger partial charge in [-0.25, -0.2) is 0 Å². The monoisotopic (exact) mass is 325 g/mol. The third-order valence-corrected chi connectivity index (χ3v) is 4.03. The molecule has 1 aromatic rings. The molecular weight excluding hydrogens is 305 g/mol. The SMILES string of the molecule is CC(N)C1CCCN(C(=O)COc2ccc([N+](=O)[O-])c(F)c2)C1. The van der Waals surface area contributed by atoms with Gasteiger partial charge in [0.1, 0.15) is 5.75 Å². The number of hydrogen-bond acceptors (Lipinski definition) is 5. The summed E-state index contributed by atoms with van der Waals surface area (Å²) < 4.78 is 18.7. The van der Waals surface area contributed by atoms with E-state index in [2.05, 4.69) is 0 Å². The number of rotatable bonds is 5. The smallest absolute Gasteiger partial charge is 0.305 e. The number of halogens is 1. The van der Waals surface area contributed by atoms with E-state index >= 15 is 0 Å². The molecule has 1 amide bonds. The Kier molecular flexibility index (Phi) is 5.49. The lowest BCUT2D eigenvalue weighted by molar-refractivity contribution is -0.387. The van der Waals surface area contributed by atoms with Gasteiger partial charge in [0.2, 0.25) is 5.82 Å². The van der Waals surface area contributed by atoms with Crippen LogP contribution >= 0.6 is 0 Å². The number of benzene rings is 1. The van der Waals surface area contributed by atoms with E-state index in [0.29, 0.717) is 13.1 Å². The van der Waals surface area contributed by atoms with E-state index in [4.69, 9.17) is 10.5 Å². The Labute approximate surface area is 133 Å². The molecule has 23 heavy (non-hydrogen) atoms. The summed E-state index contributed by atoms with van der Waals surface area (Å²) in [6.07, 6.45) is 1.89. The van der Waals surface area contributed by atoms with E-state index in [1.54, 1.807) is 4.90 Å². The van der Waals surface area contributed by atoms with Gasteiger partial charge in [-0.15, -0.1) is 0 Å². The van der Waals surface area contributed by atoms with Gasteiger partial charge in [0.15, 0.2) is 6.61 Å². The first-order chi connectivity index (χ1) is 10.9. The summed E-state index contributed by atoms with van der Waals surface area (Å²) in [5.41, 5.74) is 5.26. The van der Waals surface area contributed by atoms with Crippen LogP contribution < -0.4 is 10.5 Å². The molecule has 2 unspecified atom stereocenters. The second-order valence-electron chi connectivity index (χ2n) is 5.76. The summed E-state index contributed by atoms with van der Waals surface area (Å²) in [6.45, 7) is 2.94. The topological polar surface area (TPSA) is 98.7 Å². The minimum absolute atomic E-state index is 0.0234. The van der Waals surface area contributed by atoms with Crippen LogP contribution in [0.1, 0.15) is 19.8 Å². The van der Waals surface area contributed by atoms with Gasteiger partial charge in [0, 0.05) is 31.3 Å². The third-order valence-electron chi connectivity index (χ3n) is 4.03. The zero-order valence-electron chi connectivity index (χ0n) is 12.9. The Bertz CT molecular complexity index is 594. The third kappa shape index (κ3) is 4.38. The van der Waals surface area contributed by atoms with Gasteiger partial charge in [-0.3, -0.25) is 14.9 Å². The minimum atomic E-state index is -0.991. The molecule has 0 aromatic heterocycles. The van der Waals surface area contributed by atoms with Gasteiger partial charge in [-0.1, -0.05) is 0 Å². The molecule has 1 heterocycles. The molecule has 2 N–H and O–H groups in total. The molecule has 0 saturated carbocycles. The van der Waals surface area contributed by atoms with Crippen LogP contribution in [-0.2, 0) is 4.79 Å². The maximum Gasteiger partial charge on any atom is 0.305 e. The number of likely N-dealkylation sites (tertiary alicyclic amines) is 1. The molecule has 126 valence electrons. The van der Waals surface area contributed by atoms with Crippen molar-refractivity contribution in [2.24, 2.45) is 11.7 Å². The van der Waals surface area contributed by atoms with Crippen molar-refractivity contribution in [1.29, 1.82) is 0 Å². The molecule has 1 aromatic carbocycles. The van der Waals surface area contributed by atoms with Crippen molar-refractivity contribution in [1.82, 2.24) is 4.90 Å². The first-order valence-corrected chi connectivity index (χ1v) is 7.48. The molecule has 0 bridgehead atoms. The van der Waals surface area contributed by atoms with E-state index in [-0.39, 0.29) is 30.2 Å². The summed E-state index contributed by atoms with van der Waals surface area (Å²) >= 11 is 0. The average molecular weight is 325 g/mol. The predicted molar refractivity (Wildman–Crippen MR) is 81.5 cm³/mol. The molecule has 1 saturated heterocycles. The van der Waals surface area contributed by atoms with Crippen molar-refractivity contribution in [3.63, 3.8) is 0 Å². The van der Waals surface area contributed by atoms with Gasteiger partial charge < -0.3 is 15.4 Å². The quantitative estimate of drug-likeness (QED) is 0.656. The molecule has 1 fully saturated rings. The zero-order valence-corrected chi connectivity index (χ0v) is 12.9. The van der Waals surface area contributed by atoms with E-state index in [1.165, 1.54) is 6.07 Å². The number of piperidine rings is 1. The molecule has 8 heteroatoms. The summed E-state index contributed by atoms with van der Waals surface area (Å²) in [7, 11) is 0. The van der Waals surface area contributed by atoms with Crippen molar-refractivity contribution >= 4 is 11.6 Å². The fraction of sp³-hybridized carbons (Fsp3) is 0.533. The van der Waals surface area contributed by atoms with Crippen LogP contribution in [0.3, 0.4) is 0 Å². The minimum Gasteiger partial charge on any atom is -0.484 e. The standard InChI is InChI=1S/C15H20FN3O4/c1-10(17)11-3-2-6-18(8-11)15(20)9-23-12-4-5-14(19(21)22)13(16)7-12/h4-5,7,10-11H,2-3,6,8-9,17H2,1H3. The molecule has 0 aliphatic carbocycles. The van der Waals surface area contributed by atoms with Crippen LogP contribution in [0.25, 0.3) is 0 Å². The van der Waals surface area contributed by atoms with Crippen LogP contribution in [0.4, 0.5) is 10.1 Å². The number of carbonyl (C=O) groups excluding carboxylic acids is 1. The van der Waals surface area contributed by atoms with E-state index < -0.39 is 16.4 Å². The Morgan fingerprint density at radius 2 is 2.35 bits per heavy atom. The number of ether oxygens (including phenoxy) is 1. The summed E-state index contributed by atoms with van der Waals surface area (Å²) in [6, 6.07) is 3.22. The van der Waals surface area contributed by atoms with Crippen LogP contribution in [0, 0.1) is 21.8 Å². The fourth-order valence-electron chi connectivity index (χ4n) is 2.63. The lowest BCUT2D eigenvalue weighted by Crippen LogP contribution is -2.46. The lowest BCUT2D eigenvalue weighted by Gasteiger charge is -2.34. The first-order valence-electron chi connectivity index (χ1n) is 7.48. The van der Waals surface area contributed by atoms with Crippen molar-refractivity contribution in [3.05, 3.63) is 34.1 Å². The van der Waals surface area contributed by atoms with Crippen molar-refractivity contribution in [3.8, 4) is 5.75 Å². The molecule has 2 rings (SSSR count). The lowest BCUT2D eigenvalue weighted by atomic mass is 9.92. The number of carbonyl (C=O) groups is 1. The van der Waals surface area contributed by atoms with E-state index in [1.807, 2.05) is 6.92 Å². The maximum absolute atomic E-state index is 13.5. The van der Waals surface area contributed by atoms with Crippen molar-refractivity contribution in [2.75, 3.05) is 19.7 Å². The number of amides is 1.